The lowest BCUT2D eigenvalue weighted by Crippen LogP contribution is -2.36. The molecule has 2 heterocycles. The molecule has 0 fully saturated rings. The van der Waals surface area contributed by atoms with Crippen LogP contribution in [0.3, 0.4) is 0 Å². The number of esters is 1. The highest BCUT2D eigenvalue weighted by Crippen LogP contribution is 2.30. The van der Waals surface area contributed by atoms with E-state index in [1.54, 1.807) is 18.2 Å². The van der Waals surface area contributed by atoms with Crippen LogP contribution in [0.15, 0.2) is 53.1 Å². The van der Waals surface area contributed by atoms with Gasteiger partial charge in [0.25, 0.3) is 5.89 Å². The molecule has 31 heavy (non-hydrogen) atoms. The molecule has 8 nitrogen and oxygen atoms in total. The quantitative estimate of drug-likeness (QED) is 0.560. The Hall–Kier alpha value is -3.68. The van der Waals surface area contributed by atoms with Gasteiger partial charge < -0.3 is 14.0 Å². The summed E-state index contributed by atoms with van der Waals surface area (Å²) >= 11 is 0. The Morgan fingerprint density at radius 3 is 2.71 bits per heavy atom. The third kappa shape index (κ3) is 4.74. The molecule has 0 radical (unpaired) electrons. The number of carbonyl (C=O) groups excluding carboxylic acids is 2. The Labute approximate surface area is 179 Å². The molecule has 0 bridgehead atoms. The molecule has 1 amide bonds. The summed E-state index contributed by atoms with van der Waals surface area (Å²) in [4.78, 5) is 30.5. The van der Waals surface area contributed by atoms with Crippen LogP contribution in [0, 0.1) is 0 Å². The molecule has 0 atom stereocenters. The molecule has 0 saturated carbocycles. The fraction of sp³-hybridized carbons (Fsp3) is 0.304. The Morgan fingerprint density at radius 1 is 1.16 bits per heavy atom. The fourth-order valence-electron chi connectivity index (χ4n) is 3.26. The summed E-state index contributed by atoms with van der Waals surface area (Å²) < 4.78 is 16.0. The van der Waals surface area contributed by atoms with E-state index in [1.807, 2.05) is 30.3 Å². The van der Waals surface area contributed by atoms with Gasteiger partial charge >= 0.3 is 5.97 Å². The topological polar surface area (TPSA) is 94.8 Å². The number of carbonyl (C=O) groups is 2. The van der Waals surface area contributed by atoms with Crippen molar-refractivity contribution >= 4 is 17.6 Å². The van der Waals surface area contributed by atoms with Gasteiger partial charge in [0.1, 0.15) is 12.3 Å². The molecule has 1 aromatic heterocycles. The van der Waals surface area contributed by atoms with E-state index in [0.29, 0.717) is 23.2 Å². The number of amides is 1. The first-order valence-electron chi connectivity index (χ1n) is 10.1. The second-order valence-corrected chi connectivity index (χ2v) is 7.50. The number of nitrogens with zero attached hydrogens (tertiary/aromatic N) is 3. The number of hydrogen-bond acceptors (Lipinski definition) is 7. The van der Waals surface area contributed by atoms with Gasteiger partial charge in [-0.1, -0.05) is 55.4 Å². The van der Waals surface area contributed by atoms with Crippen molar-refractivity contribution in [1.29, 1.82) is 0 Å². The maximum Gasteiger partial charge on any atom is 0.326 e. The molecule has 1 aliphatic rings. The third-order valence-corrected chi connectivity index (χ3v) is 4.98. The van der Waals surface area contributed by atoms with Gasteiger partial charge in [0, 0.05) is 5.56 Å². The van der Waals surface area contributed by atoms with Crippen molar-refractivity contribution in [2.45, 2.75) is 32.8 Å². The summed E-state index contributed by atoms with van der Waals surface area (Å²) in [6, 6.07) is 15.0. The molecule has 0 saturated heterocycles. The monoisotopic (exact) mass is 421 g/mol. The van der Waals surface area contributed by atoms with E-state index in [9.17, 15) is 9.59 Å². The lowest BCUT2D eigenvalue weighted by atomic mass is 10.0. The minimum absolute atomic E-state index is 0.171. The van der Waals surface area contributed by atoms with Crippen LogP contribution in [0.1, 0.15) is 37.6 Å². The number of benzene rings is 2. The Morgan fingerprint density at radius 2 is 1.94 bits per heavy atom. The number of anilines is 1. The number of aromatic nitrogens is 2. The van der Waals surface area contributed by atoms with Gasteiger partial charge in [0.15, 0.2) is 6.61 Å². The number of fused-ring (bicyclic) bond motifs is 1. The van der Waals surface area contributed by atoms with E-state index in [4.69, 9.17) is 14.0 Å². The Balaban J connectivity index is 1.38. The SMILES string of the molecule is CC(C)c1ccc(-c2noc(COC(=O)CN3C(=O)CCOc4ccccc43)n2)cc1. The summed E-state index contributed by atoms with van der Waals surface area (Å²) in [6.07, 6.45) is 0.185. The number of ether oxygens (including phenoxy) is 2. The van der Waals surface area contributed by atoms with Gasteiger partial charge in [-0.05, 0) is 23.6 Å². The molecule has 0 spiro atoms. The molecule has 2 aromatic carbocycles. The lowest BCUT2D eigenvalue weighted by molar-refractivity contribution is -0.144. The molecular weight excluding hydrogens is 398 g/mol. The summed E-state index contributed by atoms with van der Waals surface area (Å²) in [5.41, 5.74) is 2.58. The maximum atomic E-state index is 12.4. The summed E-state index contributed by atoms with van der Waals surface area (Å²) in [6.45, 7) is 4.12. The molecule has 160 valence electrons. The number of rotatable bonds is 6. The van der Waals surface area contributed by atoms with Crippen LogP contribution in [0.2, 0.25) is 0 Å². The van der Waals surface area contributed by atoms with Crippen molar-refractivity contribution in [1.82, 2.24) is 10.1 Å². The molecule has 8 heteroatoms. The Kier molecular flexibility index (Phi) is 5.97. The molecule has 3 aromatic rings. The van der Waals surface area contributed by atoms with Gasteiger partial charge in [-0.15, -0.1) is 0 Å². The van der Waals surface area contributed by atoms with Crippen LogP contribution in [0.25, 0.3) is 11.4 Å². The fourth-order valence-corrected chi connectivity index (χ4v) is 3.26. The summed E-state index contributed by atoms with van der Waals surface area (Å²) in [5, 5.41) is 3.95. The van der Waals surface area contributed by atoms with Gasteiger partial charge in [-0.2, -0.15) is 4.98 Å². The first-order chi connectivity index (χ1) is 15.0. The van der Waals surface area contributed by atoms with Crippen LogP contribution >= 0.6 is 0 Å². The summed E-state index contributed by atoms with van der Waals surface area (Å²) in [5.74, 6) is 0.824. The molecular formula is C23H23N3O5. The predicted octanol–water partition coefficient (Wildman–Crippen LogP) is 3.72. The van der Waals surface area contributed by atoms with Gasteiger partial charge in [0.05, 0.1) is 18.7 Å². The minimum Gasteiger partial charge on any atom is -0.491 e. The van der Waals surface area contributed by atoms with Crippen molar-refractivity contribution in [2.75, 3.05) is 18.1 Å². The van der Waals surface area contributed by atoms with E-state index in [-0.39, 0.29) is 38.0 Å². The van der Waals surface area contributed by atoms with E-state index in [0.717, 1.165) is 5.56 Å². The minimum atomic E-state index is -0.578. The number of para-hydroxylation sites is 2. The zero-order chi connectivity index (χ0) is 21.8. The zero-order valence-electron chi connectivity index (χ0n) is 17.4. The second kappa shape index (κ2) is 8.99. The van der Waals surface area contributed by atoms with Crippen LogP contribution in [0.5, 0.6) is 5.75 Å². The van der Waals surface area contributed by atoms with E-state index < -0.39 is 5.97 Å². The smallest absolute Gasteiger partial charge is 0.326 e. The highest BCUT2D eigenvalue weighted by atomic mass is 16.6. The van der Waals surface area contributed by atoms with Crippen LogP contribution < -0.4 is 9.64 Å². The van der Waals surface area contributed by atoms with E-state index in [2.05, 4.69) is 24.0 Å². The average molecular weight is 421 g/mol. The van der Waals surface area contributed by atoms with Gasteiger partial charge in [-0.3, -0.25) is 14.5 Å². The van der Waals surface area contributed by atoms with Crippen molar-refractivity contribution in [3.05, 3.63) is 60.0 Å². The molecule has 0 aliphatic carbocycles. The highest BCUT2D eigenvalue weighted by Gasteiger charge is 2.26. The van der Waals surface area contributed by atoms with E-state index >= 15 is 0 Å². The zero-order valence-corrected chi connectivity index (χ0v) is 17.4. The summed E-state index contributed by atoms with van der Waals surface area (Å²) in [7, 11) is 0. The predicted molar refractivity (Wildman–Crippen MR) is 113 cm³/mol. The van der Waals surface area contributed by atoms with Crippen LogP contribution in [0.4, 0.5) is 5.69 Å². The standard InChI is InChI=1S/C23H23N3O5/c1-15(2)16-7-9-17(10-8-16)23-24-20(31-25-23)14-30-22(28)13-26-18-5-3-4-6-19(18)29-12-11-21(26)27/h3-10,15H,11-14H2,1-2H3. The Bertz CT molecular complexity index is 1070. The van der Waals surface area contributed by atoms with Crippen LogP contribution in [-0.4, -0.2) is 35.2 Å². The van der Waals surface area contributed by atoms with Gasteiger partial charge in [0.2, 0.25) is 11.7 Å². The molecule has 0 unspecified atom stereocenters. The average Bonchev–Trinajstić information content (AvgIpc) is 3.19. The maximum absolute atomic E-state index is 12.4. The number of hydrogen-bond donors (Lipinski definition) is 0. The second-order valence-electron chi connectivity index (χ2n) is 7.50. The van der Waals surface area contributed by atoms with Crippen LogP contribution in [-0.2, 0) is 20.9 Å². The highest BCUT2D eigenvalue weighted by molar-refractivity contribution is 5.99. The van der Waals surface area contributed by atoms with Crippen molar-refractivity contribution in [2.24, 2.45) is 0 Å². The largest absolute Gasteiger partial charge is 0.491 e. The van der Waals surface area contributed by atoms with Crippen molar-refractivity contribution < 1.29 is 23.6 Å². The van der Waals surface area contributed by atoms with Crippen molar-refractivity contribution in [3.8, 4) is 17.1 Å². The third-order valence-electron chi connectivity index (χ3n) is 4.98. The molecule has 1 aliphatic heterocycles. The van der Waals surface area contributed by atoms with Crippen molar-refractivity contribution in [3.63, 3.8) is 0 Å². The first-order valence-corrected chi connectivity index (χ1v) is 10.1. The van der Waals surface area contributed by atoms with Gasteiger partial charge in [-0.25, -0.2) is 0 Å². The molecule has 0 N–H and O–H groups in total. The first kappa shape index (κ1) is 20.6. The van der Waals surface area contributed by atoms with E-state index in [1.165, 1.54) is 10.5 Å². The lowest BCUT2D eigenvalue weighted by Gasteiger charge is -2.20. The molecule has 4 rings (SSSR count). The normalized spacial score (nSPS) is 13.5.